The predicted molar refractivity (Wildman–Crippen MR) is 69.1 cm³/mol. The molecule has 1 aliphatic heterocycles. The molecule has 0 aliphatic carbocycles. The van der Waals surface area contributed by atoms with Crippen molar-refractivity contribution in [1.82, 2.24) is 15.5 Å². The Morgan fingerprint density at radius 2 is 2.15 bits per heavy atom. The summed E-state index contributed by atoms with van der Waals surface area (Å²) < 4.78 is 31.4. The first-order valence-electron chi connectivity index (χ1n) is 6.66. The van der Waals surface area contributed by atoms with Crippen LogP contribution in [0.2, 0.25) is 0 Å². The molecule has 1 saturated heterocycles. The Balaban J connectivity index is 1.84. The topological polar surface area (TPSA) is 51.0 Å². The Labute approximate surface area is 115 Å². The summed E-state index contributed by atoms with van der Waals surface area (Å²) in [7, 11) is 0. The SMILES string of the molecule is CC1CC(c2nc(-c3ccc(F)c(F)c3)no2)CCN1. The number of halogens is 2. The van der Waals surface area contributed by atoms with E-state index < -0.39 is 11.6 Å². The maximum absolute atomic E-state index is 13.2. The zero-order chi connectivity index (χ0) is 14.1. The van der Waals surface area contributed by atoms with Gasteiger partial charge >= 0.3 is 0 Å². The summed E-state index contributed by atoms with van der Waals surface area (Å²) in [4.78, 5) is 4.31. The molecule has 3 rings (SSSR count). The van der Waals surface area contributed by atoms with Gasteiger partial charge in [0.05, 0.1) is 0 Å². The van der Waals surface area contributed by atoms with Gasteiger partial charge in [-0.1, -0.05) is 5.16 Å². The highest BCUT2D eigenvalue weighted by molar-refractivity contribution is 5.54. The largest absolute Gasteiger partial charge is 0.339 e. The van der Waals surface area contributed by atoms with Gasteiger partial charge in [0.1, 0.15) is 0 Å². The minimum Gasteiger partial charge on any atom is -0.339 e. The molecule has 1 N–H and O–H groups in total. The molecule has 0 bridgehead atoms. The van der Waals surface area contributed by atoms with E-state index in [1.807, 2.05) is 0 Å². The lowest BCUT2D eigenvalue weighted by molar-refractivity contribution is 0.295. The molecule has 0 radical (unpaired) electrons. The van der Waals surface area contributed by atoms with E-state index in [1.165, 1.54) is 6.07 Å². The van der Waals surface area contributed by atoms with E-state index in [0.717, 1.165) is 31.5 Å². The van der Waals surface area contributed by atoms with Crippen molar-refractivity contribution in [2.24, 2.45) is 0 Å². The van der Waals surface area contributed by atoms with Gasteiger partial charge < -0.3 is 9.84 Å². The van der Waals surface area contributed by atoms with Crippen LogP contribution in [0.4, 0.5) is 8.78 Å². The van der Waals surface area contributed by atoms with Crippen LogP contribution in [0.1, 0.15) is 31.6 Å². The molecule has 1 aromatic heterocycles. The van der Waals surface area contributed by atoms with Crippen LogP contribution < -0.4 is 5.32 Å². The van der Waals surface area contributed by atoms with Crippen LogP contribution in [0.3, 0.4) is 0 Å². The van der Waals surface area contributed by atoms with E-state index >= 15 is 0 Å². The Morgan fingerprint density at radius 1 is 1.30 bits per heavy atom. The van der Waals surface area contributed by atoms with E-state index in [-0.39, 0.29) is 5.92 Å². The Morgan fingerprint density at radius 3 is 2.90 bits per heavy atom. The molecule has 2 unspecified atom stereocenters. The molecule has 2 heterocycles. The number of rotatable bonds is 2. The van der Waals surface area contributed by atoms with Crippen LogP contribution in [0.15, 0.2) is 22.7 Å². The number of hydrogen-bond donors (Lipinski definition) is 1. The molecule has 1 aromatic carbocycles. The summed E-state index contributed by atoms with van der Waals surface area (Å²) in [5.41, 5.74) is 0.417. The molecule has 1 fully saturated rings. The summed E-state index contributed by atoms with van der Waals surface area (Å²) in [6, 6.07) is 3.99. The second-order valence-electron chi connectivity index (χ2n) is 5.16. The summed E-state index contributed by atoms with van der Waals surface area (Å²) in [6.45, 7) is 3.02. The van der Waals surface area contributed by atoms with Crippen molar-refractivity contribution in [3.63, 3.8) is 0 Å². The van der Waals surface area contributed by atoms with Crippen molar-refractivity contribution in [1.29, 1.82) is 0 Å². The fourth-order valence-corrected chi connectivity index (χ4v) is 2.51. The Kier molecular flexibility index (Phi) is 3.48. The lowest BCUT2D eigenvalue weighted by Gasteiger charge is -2.25. The van der Waals surface area contributed by atoms with Gasteiger partial charge in [-0.2, -0.15) is 4.98 Å². The number of hydrogen-bond acceptors (Lipinski definition) is 4. The average Bonchev–Trinajstić information content (AvgIpc) is 2.92. The van der Waals surface area contributed by atoms with Crippen molar-refractivity contribution < 1.29 is 13.3 Å². The molecule has 20 heavy (non-hydrogen) atoms. The Bertz CT molecular complexity index is 614. The molecule has 106 valence electrons. The van der Waals surface area contributed by atoms with Crippen LogP contribution in [0.25, 0.3) is 11.4 Å². The lowest BCUT2D eigenvalue weighted by Crippen LogP contribution is -2.34. The second kappa shape index (κ2) is 5.28. The van der Waals surface area contributed by atoms with E-state index in [9.17, 15) is 8.78 Å². The molecule has 6 heteroatoms. The summed E-state index contributed by atoms with van der Waals surface area (Å²) in [5, 5.41) is 7.21. The third-order valence-electron chi connectivity index (χ3n) is 3.59. The molecule has 0 amide bonds. The zero-order valence-corrected chi connectivity index (χ0v) is 11.1. The second-order valence-corrected chi connectivity index (χ2v) is 5.16. The molecule has 2 atom stereocenters. The van der Waals surface area contributed by atoms with Crippen LogP contribution >= 0.6 is 0 Å². The van der Waals surface area contributed by atoms with Gasteiger partial charge in [-0.15, -0.1) is 0 Å². The van der Waals surface area contributed by atoms with Crippen molar-refractivity contribution in [3.8, 4) is 11.4 Å². The number of piperidine rings is 1. The van der Waals surface area contributed by atoms with Gasteiger partial charge in [-0.05, 0) is 44.5 Å². The van der Waals surface area contributed by atoms with Crippen LogP contribution in [0, 0.1) is 11.6 Å². The minimum absolute atomic E-state index is 0.220. The smallest absolute Gasteiger partial charge is 0.230 e. The summed E-state index contributed by atoms with van der Waals surface area (Å²) >= 11 is 0. The number of nitrogens with zero attached hydrogens (tertiary/aromatic N) is 2. The van der Waals surface area contributed by atoms with E-state index in [2.05, 4.69) is 22.4 Å². The van der Waals surface area contributed by atoms with Crippen molar-refractivity contribution in [3.05, 3.63) is 35.7 Å². The predicted octanol–water partition coefficient (Wildman–Crippen LogP) is 2.87. The lowest BCUT2D eigenvalue weighted by atomic mass is 9.93. The maximum Gasteiger partial charge on any atom is 0.230 e. The molecular weight excluding hydrogens is 264 g/mol. The highest BCUT2D eigenvalue weighted by Gasteiger charge is 2.25. The third-order valence-corrected chi connectivity index (χ3v) is 3.59. The van der Waals surface area contributed by atoms with Crippen molar-refractivity contribution >= 4 is 0 Å². The zero-order valence-electron chi connectivity index (χ0n) is 11.1. The third kappa shape index (κ3) is 2.56. The van der Waals surface area contributed by atoms with Gasteiger partial charge in [0.2, 0.25) is 11.7 Å². The fraction of sp³-hybridized carbons (Fsp3) is 0.429. The normalized spacial score (nSPS) is 22.9. The van der Waals surface area contributed by atoms with Gasteiger partial charge in [0, 0.05) is 17.5 Å². The fourth-order valence-electron chi connectivity index (χ4n) is 2.51. The minimum atomic E-state index is -0.913. The number of benzene rings is 1. The van der Waals surface area contributed by atoms with E-state index in [4.69, 9.17) is 4.52 Å². The first-order valence-corrected chi connectivity index (χ1v) is 6.66. The Hall–Kier alpha value is -1.82. The van der Waals surface area contributed by atoms with Crippen LogP contribution in [0.5, 0.6) is 0 Å². The number of nitrogens with one attached hydrogen (secondary N) is 1. The maximum atomic E-state index is 13.2. The van der Waals surface area contributed by atoms with Gasteiger partial charge in [-0.25, -0.2) is 8.78 Å². The van der Waals surface area contributed by atoms with Crippen molar-refractivity contribution in [2.75, 3.05) is 6.54 Å². The van der Waals surface area contributed by atoms with Crippen LogP contribution in [-0.2, 0) is 0 Å². The monoisotopic (exact) mass is 279 g/mol. The summed E-state index contributed by atoms with van der Waals surface area (Å²) in [5.74, 6) is -0.713. The molecule has 0 spiro atoms. The van der Waals surface area contributed by atoms with Crippen LogP contribution in [-0.4, -0.2) is 22.7 Å². The quantitative estimate of drug-likeness (QED) is 0.918. The van der Waals surface area contributed by atoms with Gasteiger partial charge in [0.25, 0.3) is 0 Å². The van der Waals surface area contributed by atoms with E-state index in [0.29, 0.717) is 23.3 Å². The van der Waals surface area contributed by atoms with Crippen molar-refractivity contribution in [2.45, 2.75) is 31.7 Å². The molecular formula is C14H15F2N3O. The molecule has 0 saturated carbocycles. The highest BCUT2D eigenvalue weighted by atomic mass is 19.2. The molecule has 4 nitrogen and oxygen atoms in total. The average molecular weight is 279 g/mol. The molecule has 2 aromatic rings. The van der Waals surface area contributed by atoms with E-state index in [1.54, 1.807) is 0 Å². The standard InChI is InChI=1S/C14H15F2N3O/c1-8-6-10(4-5-17-8)14-18-13(19-20-14)9-2-3-11(15)12(16)7-9/h2-3,7-8,10,17H,4-6H2,1H3. The summed E-state index contributed by atoms with van der Waals surface area (Å²) in [6.07, 6.45) is 1.86. The highest BCUT2D eigenvalue weighted by Crippen LogP contribution is 2.28. The molecule has 1 aliphatic rings. The first kappa shape index (κ1) is 13.2. The van der Waals surface area contributed by atoms with Gasteiger partial charge in [-0.3, -0.25) is 0 Å². The number of aromatic nitrogens is 2. The van der Waals surface area contributed by atoms with Gasteiger partial charge in [0.15, 0.2) is 11.6 Å². The first-order chi connectivity index (χ1) is 9.63.